The van der Waals surface area contributed by atoms with Gasteiger partial charge in [0.1, 0.15) is 23.9 Å². The molecule has 35 heavy (non-hydrogen) atoms. The molecule has 11 N–H and O–H groups in total. The van der Waals surface area contributed by atoms with E-state index in [-0.39, 0.29) is 25.0 Å². The van der Waals surface area contributed by atoms with Crippen LogP contribution in [0, 0.1) is 0 Å². The number of nitrogens with one attached hydrogen (secondary N) is 3. The molecule has 0 heterocycles. The Kier molecular flexibility index (Phi) is 11.1. The highest BCUT2D eigenvalue weighted by atomic mass is 16.4. The molecule has 0 aliphatic rings. The van der Waals surface area contributed by atoms with E-state index in [4.69, 9.17) is 22.3 Å². The molecule has 0 aliphatic heterocycles. The molecule has 1 aromatic carbocycles. The molecule has 192 valence electrons. The van der Waals surface area contributed by atoms with E-state index in [0.29, 0.717) is 5.56 Å². The molecule has 0 saturated carbocycles. The highest BCUT2D eigenvalue weighted by Crippen LogP contribution is 2.11. The molecule has 0 aromatic heterocycles. The van der Waals surface area contributed by atoms with E-state index < -0.39 is 66.1 Å². The van der Waals surface area contributed by atoms with Gasteiger partial charge in [0, 0.05) is 6.42 Å². The molecule has 4 atom stereocenters. The van der Waals surface area contributed by atoms with Crippen molar-refractivity contribution in [3.05, 3.63) is 29.8 Å². The normalized spacial score (nSPS) is 14.0. The third-order valence-corrected chi connectivity index (χ3v) is 4.81. The Morgan fingerprint density at radius 1 is 0.857 bits per heavy atom. The Balaban J connectivity index is 2.82. The number of aliphatic carboxylic acids is 1. The van der Waals surface area contributed by atoms with Crippen molar-refractivity contribution in [1.82, 2.24) is 16.0 Å². The Labute approximate surface area is 200 Å². The van der Waals surface area contributed by atoms with E-state index in [2.05, 4.69) is 16.0 Å². The number of rotatable bonds is 14. The van der Waals surface area contributed by atoms with Crippen molar-refractivity contribution in [3.8, 4) is 5.75 Å². The number of aromatic hydroxyl groups is 1. The fraction of sp³-hybridized carbons (Fsp3) is 0.429. The van der Waals surface area contributed by atoms with Gasteiger partial charge in [-0.1, -0.05) is 12.1 Å². The van der Waals surface area contributed by atoms with Gasteiger partial charge in [-0.15, -0.1) is 0 Å². The van der Waals surface area contributed by atoms with Crippen molar-refractivity contribution in [2.75, 3.05) is 0 Å². The summed E-state index contributed by atoms with van der Waals surface area (Å²) in [6.07, 6.45) is -1.01. The number of carbonyl (C=O) groups excluding carboxylic acids is 5. The summed E-state index contributed by atoms with van der Waals surface area (Å²) in [4.78, 5) is 70.9. The molecule has 0 fully saturated rings. The highest BCUT2D eigenvalue weighted by Gasteiger charge is 2.29. The summed E-state index contributed by atoms with van der Waals surface area (Å²) in [5, 5.41) is 25.2. The number of carbonyl (C=O) groups is 6. The van der Waals surface area contributed by atoms with Gasteiger partial charge in [-0.3, -0.25) is 24.0 Å². The maximum absolute atomic E-state index is 12.7. The van der Waals surface area contributed by atoms with Crippen molar-refractivity contribution in [3.63, 3.8) is 0 Å². The molecule has 0 radical (unpaired) electrons. The second-order valence-electron chi connectivity index (χ2n) is 7.84. The maximum Gasteiger partial charge on any atom is 0.326 e. The van der Waals surface area contributed by atoms with Gasteiger partial charge in [-0.25, -0.2) is 4.79 Å². The average molecular weight is 495 g/mol. The number of hydrogen-bond donors (Lipinski definition) is 8. The Morgan fingerprint density at radius 3 is 1.94 bits per heavy atom. The molecule has 0 saturated heterocycles. The van der Waals surface area contributed by atoms with Gasteiger partial charge in [-0.05, 0) is 37.5 Å². The lowest BCUT2D eigenvalue weighted by Crippen LogP contribution is -2.56. The monoisotopic (exact) mass is 494 g/mol. The van der Waals surface area contributed by atoms with Crippen LogP contribution in [0.25, 0.3) is 0 Å². The molecular formula is C21H30N6O8. The number of benzene rings is 1. The molecule has 14 heteroatoms. The topological polar surface area (TPSA) is 257 Å². The van der Waals surface area contributed by atoms with E-state index in [1.165, 1.54) is 19.1 Å². The number of carboxylic acids is 1. The van der Waals surface area contributed by atoms with E-state index in [1.54, 1.807) is 12.1 Å². The SMILES string of the molecule is CC(NC(=O)C(CCC(N)=O)NC(=O)C(N)Cc1ccc(O)cc1)C(=O)NC(CC(N)=O)C(=O)O. The number of amides is 5. The van der Waals surface area contributed by atoms with E-state index in [0.717, 1.165) is 0 Å². The van der Waals surface area contributed by atoms with Gasteiger partial charge < -0.3 is 43.4 Å². The second-order valence-corrected chi connectivity index (χ2v) is 7.84. The number of primary amides is 2. The number of carboxylic acid groups (broad SMARTS) is 1. The van der Waals surface area contributed by atoms with Crippen LogP contribution in [0.1, 0.15) is 31.7 Å². The number of phenols is 1. The number of hydrogen-bond acceptors (Lipinski definition) is 8. The molecule has 4 unspecified atom stereocenters. The van der Waals surface area contributed by atoms with Crippen molar-refractivity contribution < 1.29 is 39.0 Å². The molecule has 14 nitrogen and oxygen atoms in total. The number of nitrogens with two attached hydrogens (primary N) is 3. The predicted molar refractivity (Wildman–Crippen MR) is 121 cm³/mol. The summed E-state index contributed by atoms with van der Waals surface area (Å²) in [6, 6.07) is 0.775. The molecular weight excluding hydrogens is 464 g/mol. The van der Waals surface area contributed by atoms with Crippen LogP contribution in [0.15, 0.2) is 24.3 Å². The summed E-state index contributed by atoms with van der Waals surface area (Å²) in [5.41, 5.74) is 16.7. The summed E-state index contributed by atoms with van der Waals surface area (Å²) in [7, 11) is 0. The van der Waals surface area contributed by atoms with E-state index in [9.17, 15) is 33.9 Å². The van der Waals surface area contributed by atoms with Crippen LogP contribution in [0.3, 0.4) is 0 Å². The fourth-order valence-electron chi connectivity index (χ4n) is 2.89. The van der Waals surface area contributed by atoms with Crippen LogP contribution < -0.4 is 33.2 Å². The quantitative estimate of drug-likeness (QED) is 0.130. The molecule has 1 rings (SSSR count). The van der Waals surface area contributed by atoms with Crippen LogP contribution in [-0.2, 0) is 35.2 Å². The first-order valence-corrected chi connectivity index (χ1v) is 10.5. The first kappa shape index (κ1) is 28.8. The van der Waals surface area contributed by atoms with Crippen LogP contribution >= 0.6 is 0 Å². The fourth-order valence-corrected chi connectivity index (χ4v) is 2.89. The highest BCUT2D eigenvalue weighted by molar-refractivity contribution is 5.95. The van der Waals surface area contributed by atoms with Gasteiger partial charge in [0.05, 0.1) is 12.5 Å². The largest absolute Gasteiger partial charge is 0.508 e. The third-order valence-electron chi connectivity index (χ3n) is 4.81. The van der Waals surface area contributed by atoms with Crippen LogP contribution in [-0.4, -0.2) is 69.9 Å². The van der Waals surface area contributed by atoms with Gasteiger partial charge in [0.25, 0.3) is 0 Å². The number of phenolic OH excluding ortho intramolecular Hbond substituents is 1. The Bertz CT molecular complexity index is 952. The van der Waals surface area contributed by atoms with Crippen molar-refractivity contribution in [2.45, 2.75) is 56.8 Å². The molecule has 0 bridgehead atoms. The van der Waals surface area contributed by atoms with E-state index >= 15 is 0 Å². The minimum Gasteiger partial charge on any atom is -0.508 e. The lowest BCUT2D eigenvalue weighted by atomic mass is 10.0. The zero-order valence-electron chi connectivity index (χ0n) is 19.0. The minimum absolute atomic E-state index is 0.0393. The second kappa shape index (κ2) is 13.5. The average Bonchev–Trinajstić information content (AvgIpc) is 2.76. The summed E-state index contributed by atoms with van der Waals surface area (Å²) in [6.45, 7) is 1.25. The first-order valence-electron chi connectivity index (χ1n) is 10.5. The third kappa shape index (κ3) is 10.5. The van der Waals surface area contributed by atoms with Crippen molar-refractivity contribution in [2.24, 2.45) is 17.2 Å². The van der Waals surface area contributed by atoms with Crippen LogP contribution in [0.5, 0.6) is 5.75 Å². The summed E-state index contributed by atoms with van der Waals surface area (Å²) >= 11 is 0. The zero-order valence-corrected chi connectivity index (χ0v) is 19.0. The van der Waals surface area contributed by atoms with Crippen molar-refractivity contribution in [1.29, 1.82) is 0 Å². The molecule has 1 aromatic rings. The van der Waals surface area contributed by atoms with Crippen LogP contribution in [0.2, 0.25) is 0 Å². The van der Waals surface area contributed by atoms with Gasteiger partial charge in [0.2, 0.25) is 29.5 Å². The molecule has 5 amide bonds. The predicted octanol–water partition coefficient (Wildman–Crippen LogP) is -3.04. The lowest BCUT2D eigenvalue weighted by molar-refractivity contribution is -0.143. The maximum atomic E-state index is 12.7. The molecule has 0 spiro atoms. The smallest absolute Gasteiger partial charge is 0.326 e. The van der Waals surface area contributed by atoms with Gasteiger partial charge in [0.15, 0.2) is 0 Å². The first-order chi connectivity index (χ1) is 16.3. The van der Waals surface area contributed by atoms with Crippen LogP contribution in [0.4, 0.5) is 0 Å². The Hall–Kier alpha value is -4.20. The summed E-state index contributed by atoms with van der Waals surface area (Å²) < 4.78 is 0. The standard InChI is InChI=1S/C21H30N6O8/c1-10(18(31)27-15(21(34)35)9-17(24)30)25-20(33)14(6-7-16(23)29)26-19(32)13(22)8-11-2-4-12(28)5-3-11/h2-5,10,13-15,28H,6-9,22H2,1H3,(H2,23,29)(H2,24,30)(H,25,33)(H,26,32)(H,27,31)(H,34,35). The zero-order chi connectivity index (χ0) is 26.7. The summed E-state index contributed by atoms with van der Waals surface area (Å²) in [5.74, 6) is -5.62. The molecule has 0 aliphatic carbocycles. The van der Waals surface area contributed by atoms with E-state index in [1.807, 2.05) is 0 Å². The Morgan fingerprint density at radius 2 is 1.43 bits per heavy atom. The van der Waals surface area contributed by atoms with Gasteiger partial charge in [-0.2, -0.15) is 0 Å². The van der Waals surface area contributed by atoms with Gasteiger partial charge >= 0.3 is 5.97 Å². The lowest BCUT2D eigenvalue weighted by Gasteiger charge is -2.23. The minimum atomic E-state index is -1.59. The van der Waals surface area contributed by atoms with Crippen molar-refractivity contribution >= 4 is 35.5 Å².